The minimum atomic E-state index is 0.00122. The van der Waals surface area contributed by atoms with Crippen LogP contribution in [0.25, 0.3) is 11.1 Å². The number of aryl methyl sites for hydroxylation is 1. The number of nitrogens with one attached hydrogen (secondary N) is 1. The molecule has 0 aliphatic carbocycles. The number of rotatable bonds is 4. The quantitative estimate of drug-likeness (QED) is 0.733. The molecule has 3 aromatic rings. The Morgan fingerprint density at radius 1 is 0.783 bits per heavy atom. The Morgan fingerprint density at radius 3 is 2.04 bits per heavy atom. The van der Waals surface area contributed by atoms with E-state index in [9.17, 15) is 4.79 Å². The molecule has 0 fully saturated rings. The summed E-state index contributed by atoms with van der Waals surface area (Å²) < 4.78 is 0. The average molecular weight is 301 g/mol. The van der Waals surface area contributed by atoms with Gasteiger partial charge in [0.2, 0.25) is 5.91 Å². The predicted octanol–water partition coefficient (Wildman–Crippen LogP) is 4.84. The molecule has 0 atom stereocenters. The summed E-state index contributed by atoms with van der Waals surface area (Å²) in [6, 6.07) is 26.2. The molecule has 0 unspecified atom stereocenters. The van der Waals surface area contributed by atoms with Crippen molar-refractivity contribution in [3.8, 4) is 11.1 Å². The maximum Gasteiger partial charge on any atom is 0.228 e. The number of benzene rings is 3. The Bertz CT molecular complexity index is 774. The molecule has 0 aromatic heterocycles. The summed E-state index contributed by atoms with van der Waals surface area (Å²) in [5, 5.41) is 2.92. The van der Waals surface area contributed by atoms with Gasteiger partial charge in [-0.25, -0.2) is 0 Å². The largest absolute Gasteiger partial charge is 0.326 e. The zero-order valence-electron chi connectivity index (χ0n) is 13.1. The summed E-state index contributed by atoms with van der Waals surface area (Å²) in [7, 11) is 0. The molecule has 0 radical (unpaired) electrons. The zero-order chi connectivity index (χ0) is 16.1. The molecule has 0 saturated carbocycles. The van der Waals surface area contributed by atoms with Crippen molar-refractivity contribution in [2.75, 3.05) is 5.32 Å². The van der Waals surface area contributed by atoms with Gasteiger partial charge in [0.1, 0.15) is 0 Å². The molecule has 2 heteroatoms. The lowest BCUT2D eigenvalue weighted by Crippen LogP contribution is -2.14. The Kier molecular flexibility index (Phi) is 4.53. The summed E-state index contributed by atoms with van der Waals surface area (Å²) in [5.74, 6) is 0.00122. The number of carbonyl (C=O) groups is 1. The van der Waals surface area contributed by atoms with E-state index in [1.807, 2.05) is 61.5 Å². The minimum Gasteiger partial charge on any atom is -0.326 e. The first kappa shape index (κ1) is 15.0. The van der Waals surface area contributed by atoms with E-state index in [-0.39, 0.29) is 5.91 Å². The second-order valence-electron chi connectivity index (χ2n) is 5.65. The molecule has 0 heterocycles. The maximum atomic E-state index is 12.1. The molecule has 0 bridgehead atoms. The third kappa shape index (κ3) is 4.07. The van der Waals surface area contributed by atoms with Crippen molar-refractivity contribution in [2.24, 2.45) is 0 Å². The van der Waals surface area contributed by atoms with Crippen LogP contribution in [0.5, 0.6) is 0 Å². The summed E-state index contributed by atoms with van der Waals surface area (Å²) in [6.07, 6.45) is 0.378. The van der Waals surface area contributed by atoms with Crippen molar-refractivity contribution in [3.05, 3.63) is 90.0 Å². The summed E-state index contributed by atoms with van der Waals surface area (Å²) in [4.78, 5) is 12.1. The van der Waals surface area contributed by atoms with Crippen LogP contribution in [0.15, 0.2) is 78.9 Å². The van der Waals surface area contributed by atoms with E-state index in [2.05, 4.69) is 29.6 Å². The van der Waals surface area contributed by atoms with E-state index in [0.717, 1.165) is 16.8 Å². The Hall–Kier alpha value is -2.87. The molecule has 0 aliphatic heterocycles. The zero-order valence-corrected chi connectivity index (χ0v) is 13.1. The van der Waals surface area contributed by atoms with Gasteiger partial charge in [0, 0.05) is 5.69 Å². The maximum absolute atomic E-state index is 12.1. The highest BCUT2D eigenvalue weighted by atomic mass is 16.1. The van der Waals surface area contributed by atoms with Crippen molar-refractivity contribution in [1.29, 1.82) is 0 Å². The van der Waals surface area contributed by atoms with Crippen LogP contribution in [-0.4, -0.2) is 5.91 Å². The van der Waals surface area contributed by atoms with Crippen molar-refractivity contribution in [2.45, 2.75) is 13.3 Å². The van der Waals surface area contributed by atoms with E-state index in [4.69, 9.17) is 0 Å². The topological polar surface area (TPSA) is 29.1 Å². The van der Waals surface area contributed by atoms with Crippen LogP contribution >= 0.6 is 0 Å². The predicted molar refractivity (Wildman–Crippen MR) is 95.4 cm³/mol. The van der Waals surface area contributed by atoms with Gasteiger partial charge in [-0.05, 0) is 35.7 Å². The van der Waals surface area contributed by atoms with Gasteiger partial charge in [-0.3, -0.25) is 4.79 Å². The number of amides is 1. The molecular weight excluding hydrogens is 282 g/mol. The fraction of sp³-hybridized carbons (Fsp3) is 0.0952. The van der Waals surface area contributed by atoms with E-state index in [0.29, 0.717) is 6.42 Å². The molecule has 114 valence electrons. The lowest BCUT2D eigenvalue weighted by molar-refractivity contribution is -0.115. The van der Waals surface area contributed by atoms with Gasteiger partial charge in [-0.15, -0.1) is 0 Å². The van der Waals surface area contributed by atoms with Crippen LogP contribution in [0, 0.1) is 6.92 Å². The Morgan fingerprint density at radius 2 is 1.39 bits per heavy atom. The van der Waals surface area contributed by atoms with Crippen molar-refractivity contribution >= 4 is 11.6 Å². The lowest BCUT2D eigenvalue weighted by Gasteiger charge is -2.07. The number of anilines is 1. The molecule has 3 rings (SSSR count). The summed E-state index contributed by atoms with van der Waals surface area (Å²) >= 11 is 0. The van der Waals surface area contributed by atoms with Crippen molar-refractivity contribution in [1.82, 2.24) is 0 Å². The van der Waals surface area contributed by atoms with Crippen molar-refractivity contribution < 1.29 is 4.79 Å². The van der Waals surface area contributed by atoms with Crippen LogP contribution in [-0.2, 0) is 11.2 Å². The Balaban J connectivity index is 1.64. The Labute approximate surface area is 136 Å². The van der Waals surface area contributed by atoms with Crippen LogP contribution in [0.2, 0.25) is 0 Å². The third-order valence-corrected chi connectivity index (χ3v) is 3.76. The molecular formula is C21H19NO. The van der Waals surface area contributed by atoms with E-state index >= 15 is 0 Å². The van der Waals surface area contributed by atoms with Crippen LogP contribution in [0.3, 0.4) is 0 Å². The molecule has 1 amide bonds. The first-order valence-corrected chi connectivity index (χ1v) is 7.71. The van der Waals surface area contributed by atoms with Gasteiger partial charge >= 0.3 is 0 Å². The molecule has 0 aliphatic rings. The second kappa shape index (κ2) is 6.93. The van der Waals surface area contributed by atoms with E-state index in [1.54, 1.807) is 0 Å². The molecule has 23 heavy (non-hydrogen) atoms. The fourth-order valence-corrected chi connectivity index (χ4v) is 2.47. The third-order valence-electron chi connectivity index (χ3n) is 3.76. The molecule has 0 spiro atoms. The van der Waals surface area contributed by atoms with Gasteiger partial charge in [0.05, 0.1) is 6.42 Å². The van der Waals surface area contributed by atoms with Crippen molar-refractivity contribution in [3.63, 3.8) is 0 Å². The molecule has 1 N–H and O–H groups in total. The molecule has 2 nitrogen and oxygen atoms in total. The SMILES string of the molecule is Cc1ccc(NC(=O)Cc2ccc(-c3ccccc3)cc2)cc1. The van der Waals surface area contributed by atoms with Gasteiger partial charge in [0.25, 0.3) is 0 Å². The highest BCUT2D eigenvalue weighted by molar-refractivity contribution is 5.92. The average Bonchev–Trinajstić information content (AvgIpc) is 2.58. The first-order chi connectivity index (χ1) is 11.2. The van der Waals surface area contributed by atoms with Crippen LogP contribution < -0.4 is 5.32 Å². The standard InChI is InChI=1S/C21H19NO/c1-16-7-13-20(14-8-16)22-21(23)15-17-9-11-19(12-10-17)18-5-3-2-4-6-18/h2-14H,15H2,1H3,(H,22,23). The molecule has 0 saturated heterocycles. The van der Waals surface area contributed by atoms with E-state index < -0.39 is 0 Å². The number of hydrogen-bond acceptors (Lipinski definition) is 1. The van der Waals surface area contributed by atoms with Crippen LogP contribution in [0.1, 0.15) is 11.1 Å². The monoisotopic (exact) mass is 301 g/mol. The highest BCUT2D eigenvalue weighted by Crippen LogP contribution is 2.19. The minimum absolute atomic E-state index is 0.00122. The number of hydrogen-bond donors (Lipinski definition) is 1. The van der Waals surface area contributed by atoms with Gasteiger partial charge < -0.3 is 5.32 Å². The summed E-state index contributed by atoms with van der Waals surface area (Å²) in [6.45, 7) is 2.03. The highest BCUT2D eigenvalue weighted by Gasteiger charge is 2.05. The first-order valence-electron chi connectivity index (χ1n) is 7.71. The number of carbonyl (C=O) groups excluding carboxylic acids is 1. The molecule has 3 aromatic carbocycles. The van der Waals surface area contributed by atoms with Gasteiger partial charge in [-0.2, -0.15) is 0 Å². The fourth-order valence-electron chi connectivity index (χ4n) is 2.47. The van der Waals surface area contributed by atoms with E-state index in [1.165, 1.54) is 11.1 Å². The second-order valence-corrected chi connectivity index (χ2v) is 5.65. The smallest absolute Gasteiger partial charge is 0.228 e. The van der Waals surface area contributed by atoms with Gasteiger partial charge in [-0.1, -0.05) is 72.3 Å². The normalized spacial score (nSPS) is 10.3. The van der Waals surface area contributed by atoms with Gasteiger partial charge in [0.15, 0.2) is 0 Å². The summed E-state index contributed by atoms with van der Waals surface area (Å²) in [5.41, 5.74) is 5.37. The lowest BCUT2D eigenvalue weighted by atomic mass is 10.0. The van der Waals surface area contributed by atoms with Crippen LogP contribution in [0.4, 0.5) is 5.69 Å².